The van der Waals surface area contributed by atoms with Gasteiger partial charge in [-0.05, 0) is 45.4 Å². The molecule has 2 rings (SSSR count). The predicted molar refractivity (Wildman–Crippen MR) is 93.2 cm³/mol. The maximum atomic E-state index is 12.3. The van der Waals surface area contributed by atoms with Crippen molar-refractivity contribution >= 4 is 18.3 Å². The van der Waals surface area contributed by atoms with Gasteiger partial charge < -0.3 is 20.1 Å². The highest BCUT2D eigenvalue weighted by Crippen LogP contribution is 2.19. The first kappa shape index (κ1) is 19.7. The van der Waals surface area contributed by atoms with Crippen molar-refractivity contribution in [3.8, 4) is 5.75 Å². The van der Waals surface area contributed by atoms with Crippen LogP contribution < -0.4 is 15.4 Å². The van der Waals surface area contributed by atoms with Gasteiger partial charge in [0.1, 0.15) is 11.8 Å². The normalized spacial score (nSPS) is 22.1. The Morgan fingerprint density at radius 2 is 1.96 bits per heavy atom. The molecule has 3 atom stereocenters. The number of amides is 1. The van der Waals surface area contributed by atoms with Gasteiger partial charge in [-0.2, -0.15) is 0 Å². The van der Waals surface area contributed by atoms with Crippen molar-refractivity contribution in [1.29, 1.82) is 0 Å². The average molecular weight is 343 g/mol. The third kappa shape index (κ3) is 5.68. The number of carbonyl (C=O) groups is 1. The van der Waals surface area contributed by atoms with Crippen LogP contribution in [0.5, 0.6) is 5.75 Å². The van der Waals surface area contributed by atoms with Gasteiger partial charge in [0.2, 0.25) is 5.91 Å². The van der Waals surface area contributed by atoms with Crippen LogP contribution in [0.15, 0.2) is 24.3 Å². The van der Waals surface area contributed by atoms with Gasteiger partial charge in [0, 0.05) is 6.54 Å². The lowest BCUT2D eigenvalue weighted by Gasteiger charge is -2.30. The summed E-state index contributed by atoms with van der Waals surface area (Å²) in [5.74, 6) is 0.815. The van der Waals surface area contributed by atoms with Gasteiger partial charge in [-0.25, -0.2) is 0 Å². The molecule has 0 aliphatic carbocycles. The van der Waals surface area contributed by atoms with E-state index in [2.05, 4.69) is 10.6 Å². The predicted octanol–water partition coefficient (Wildman–Crippen LogP) is 2.45. The lowest BCUT2D eigenvalue weighted by Crippen LogP contribution is -2.55. The summed E-state index contributed by atoms with van der Waals surface area (Å²) in [6.45, 7) is 9.24. The first-order valence-electron chi connectivity index (χ1n) is 7.89. The van der Waals surface area contributed by atoms with Gasteiger partial charge in [-0.1, -0.05) is 12.1 Å². The molecule has 5 nitrogen and oxygen atoms in total. The second kappa shape index (κ2) is 9.11. The fourth-order valence-electron chi connectivity index (χ4n) is 2.52. The zero-order valence-electron chi connectivity index (χ0n) is 14.2. The molecule has 0 radical (unpaired) electrons. The molecule has 1 unspecified atom stereocenters. The molecular weight excluding hydrogens is 316 g/mol. The molecule has 1 aliphatic rings. The molecule has 23 heavy (non-hydrogen) atoms. The molecule has 1 saturated heterocycles. The summed E-state index contributed by atoms with van der Waals surface area (Å²) >= 11 is 0. The van der Waals surface area contributed by atoms with Gasteiger partial charge >= 0.3 is 0 Å². The van der Waals surface area contributed by atoms with Crippen molar-refractivity contribution in [2.45, 2.75) is 52.0 Å². The van der Waals surface area contributed by atoms with Crippen LogP contribution in [-0.2, 0) is 9.53 Å². The Bertz CT molecular complexity index is 493. The molecule has 2 N–H and O–H groups in total. The zero-order valence-corrected chi connectivity index (χ0v) is 15.0. The van der Waals surface area contributed by atoms with Crippen LogP contribution in [0.3, 0.4) is 0 Å². The van der Waals surface area contributed by atoms with Crippen molar-refractivity contribution in [3.05, 3.63) is 29.8 Å². The van der Waals surface area contributed by atoms with E-state index in [-0.39, 0.29) is 42.6 Å². The van der Waals surface area contributed by atoms with E-state index in [4.69, 9.17) is 9.47 Å². The van der Waals surface area contributed by atoms with Crippen LogP contribution >= 0.6 is 12.4 Å². The fourth-order valence-corrected chi connectivity index (χ4v) is 2.52. The van der Waals surface area contributed by atoms with Crippen LogP contribution in [0, 0.1) is 0 Å². The molecule has 1 fully saturated rings. The second-order valence-corrected chi connectivity index (χ2v) is 5.97. The summed E-state index contributed by atoms with van der Waals surface area (Å²) in [5, 5.41) is 6.23. The minimum absolute atomic E-state index is 0. The van der Waals surface area contributed by atoms with E-state index in [1.807, 2.05) is 52.0 Å². The third-order valence-corrected chi connectivity index (χ3v) is 3.71. The van der Waals surface area contributed by atoms with E-state index in [9.17, 15) is 4.79 Å². The Hall–Kier alpha value is -1.30. The molecule has 1 aliphatic heterocycles. The number of carbonyl (C=O) groups excluding carboxylic acids is 1. The van der Waals surface area contributed by atoms with E-state index in [0.717, 1.165) is 11.3 Å². The molecule has 1 aromatic carbocycles. The first-order chi connectivity index (χ1) is 10.5. The summed E-state index contributed by atoms with van der Waals surface area (Å²) in [7, 11) is 0. The van der Waals surface area contributed by atoms with Crippen molar-refractivity contribution in [3.63, 3.8) is 0 Å². The van der Waals surface area contributed by atoms with Gasteiger partial charge in [-0.3, -0.25) is 4.79 Å². The van der Waals surface area contributed by atoms with Crippen molar-refractivity contribution in [2.75, 3.05) is 13.2 Å². The van der Waals surface area contributed by atoms with Gasteiger partial charge in [-0.15, -0.1) is 12.4 Å². The topological polar surface area (TPSA) is 59.6 Å². The van der Waals surface area contributed by atoms with E-state index < -0.39 is 0 Å². The highest BCUT2D eigenvalue weighted by atomic mass is 35.5. The molecule has 0 bridgehead atoms. The number of benzene rings is 1. The summed E-state index contributed by atoms with van der Waals surface area (Å²) < 4.78 is 11.1. The number of ether oxygens (including phenoxy) is 2. The molecule has 0 aromatic heterocycles. The Kier molecular flexibility index (Phi) is 7.82. The van der Waals surface area contributed by atoms with E-state index in [0.29, 0.717) is 13.2 Å². The second-order valence-electron chi connectivity index (χ2n) is 5.97. The Balaban J connectivity index is 0.00000264. The Morgan fingerprint density at radius 1 is 1.30 bits per heavy atom. The zero-order chi connectivity index (χ0) is 16.1. The van der Waals surface area contributed by atoms with Crippen LogP contribution in [-0.4, -0.2) is 37.3 Å². The molecule has 6 heteroatoms. The number of nitrogens with one attached hydrogen (secondary N) is 2. The first-order valence-corrected chi connectivity index (χ1v) is 7.89. The number of halogens is 1. The standard InChI is InChI=1S/C17H26N2O3.ClH/c1-11(2)22-15-7-5-14(6-8-15)12(3)19-17(20)16-13(4)21-10-9-18-16;/h5-8,11-13,16,18H,9-10H2,1-4H3,(H,19,20);1H/t12?,13-,16+;/m1./s1. The molecule has 1 heterocycles. The highest BCUT2D eigenvalue weighted by Gasteiger charge is 2.29. The largest absolute Gasteiger partial charge is 0.491 e. The molecule has 1 amide bonds. The summed E-state index contributed by atoms with van der Waals surface area (Å²) in [5.41, 5.74) is 1.05. The minimum atomic E-state index is -0.292. The number of hydrogen-bond acceptors (Lipinski definition) is 4. The summed E-state index contributed by atoms with van der Waals surface area (Å²) in [4.78, 5) is 12.3. The van der Waals surface area contributed by atoms with E-state index in [1.54, 1.807) is 0 Å². The average Bonchev–Trinajstić information content (AvgIpc) is 2.47. The van der Waals surface area contributed by atoms with Gasteiger partial charge in [0.25, 0.3) is 0 Å². The van der Waals surface area contributed by atoms with Crippen LogP contribution in [0.4, 0.5) is 0 Å². The fraction of sp³-hybridized carbons (Fsp3) is 0.588. The maximum absolute atomic E-state index is 12.3. The molecule has 0 spiro atoms. The Labute approximate surface area is 144 Å². The van der Waals surface area contributed by atoms with E-state index >= 15 is 0 Å². The van der Waals surface area contributed by atoms with E-state index in [1.165, 1.54) is 0 Å². The quantitative estimate of drug-likeness (QED) is 0.863. The van der Waals surface area contributed by atoms with Gasteiger partial charge in [0.05, 0.1) is 24.9 Å². The number of rotatable bonds is 5. The maximum Gasteiger partial charge on any atom is 0.240 e. The molecular formula is C17H27ClN2O3. The smallest absolute Gasteiger partial charge is 0.240 e. The molecule has 0 saturated carbocycles. The molecule has 130 valence electrons. The summed E-state index contributed by atoms with van der Waals surface area (Å²) in [6.07, 6.45) is 0.0459. The van der Waals surface area contributed by atoms with Crippen molar-refractivity contribution in [1.82, 2.24) is 10.6 Å². The van der Waals surface area contributed by atoms with Crippen molar-refractivity contribution < 1.29 is 14.3 Å². The molecule has 1 aromatic rings. The summed E-state index contributed by atoms with van der Waals surface area (Å²) in [6, 6.07) is 7.48. The number of morpholine rings is 1. The Morgan fingerprint density at radius 3 is 2.52 bits per heavy atom. The SMILES string of the molecule is CC(C)Oc1ccc(C(C)NC(=O)[C@H]2NCCO[C@@H]2C)cc1.Cl. The van der Waals surface area contributed by atoms with Gasteiger partial charge in [0.15, 0.2) is 0 Å². The highest BCUT2D eigenvalue weighted by molar-refractivity contribution is 5.85. The van der Waals surface area contributed by atoms with Crippen LogP contribution in [0.1, 0.15) is 39.3 Å². The van der Waals surface area contributed by atoms with Crippen LogP contribution in [0.25, 0.3) is 0 Å². The minimum Gasteiger partial charge on any atom is -0.491 e. The van der Waals surface area contributed by atoms with Crippen molar-refractivity contribution in [2.24, 2.45) is 0 Å². The number of hydrogen-bond donors (Lipinski definition) is 2. The lowest BCUT2D eigenvalue weighted by atomic mass is 10.1. The monoisotopic (exact) mass is 342 g/mol. The third-order valence-electron chi connectivity index (χ3n) is 3.71. The van der Waals surface area contributed by atoms with Crippen LogP contribution in [0.2, 0.25) is 0 Å². The lowest BCUT2D eigenvalue weighted by molar-refractivity contribution is -0.129.